The van der Waals surface area contributed by atoms with Crippen molar-refractivity contribution in [2.45, 2.75) is 13.8 Å². The Morgan fingerprint density at radius 3 is 2.15 bits per heavy atom. The number of hydrogen-bond acceptors (Lipinski definition) is 3. The molecule has 0 aliphatic carbocycles. The molecule has 0 saturated heterocycles. The maximum Gasteiger partial charge on any atom is 0.271 e. The van der Waals surface area contributed by atoms with Crippen LogP contribution >= 0.6 is 0 Å². The van der Waals surface area contributed by atoms with Gasteiger partial charge in [0.1, 0.15) is 5.75 Å². The fourth-order valence-electron chi connectivity index (χ4n) is 2.76. The van der Waals surface area contributed by atoms with Gasteiger partial charge in [-0.05, 0) is 80.1 Å². The first-order valence-corrected chi connectivity index (χ1v) is 8.31. The molecule has 1 amide bonds. The number of amides is 1. The van der Waals surface area contributed by atoms with E-state index in [0.717, 1.165) is 28.4 Å². The number of aromatic nitrogens is 1. The van der Waals surface area contributed by atoms with E-state index in [-0.39, 0.29) is 5.91 Å². The third-order valence-electron chi connectivity index (χ3n) is 4.15. The number of rotatable bonds is 5. The Morgan fingerprint density at radius 1 is 0.962 bits per heavy atom. The molecule has 0 atom stereocenters. The van der Waals surface area contributed by atoms with Crippen LogP contribution < -0.4 is 10.2 Å². The van der Waals surface area contributed by atoms with Crippen molar-refractivity contribution in [2.75, 3.05) is 7.11 Å². The minimum Gasteiger partial charge on any atom is -0.497 e. The third kappa shape index (κ3) is 3.83. The lowest BCUT2D eigenvalue weighted by atomic mass is 10.2. The lowest BCUT2D eigenvalue weighted by molar-refractivity contribution is 0.0955. The topological polar surface area (TPSA) is 55.6 Å². The molecule has 0 fully saturated rings. The van der Waals surface area contributed by atoms with Crippen molar-refractivity contribution in [3.63, 3.8) is 0 Å². The van der Waals surface area contributed by atoms with Gasteiger partial charge in [0.15, 0.2) is 0 Å². The van der Waals surface area contributed by atoms with E-state index in [1.54, 1.807) is 25.5 Å². The van der Waals surface area contributed by atoms with E-state index in [1.165, 1.54) is 0 Å². The van der Waals surface area contributed by atoms with Crippen molar-refractivity contribution in [3.05, 3.63) is 83.2 Å². The molecule has 3 aromatic rings. The molecular formula is C21H21N3O2. The summed E-state index contributed by atoms with van der Waals surface area (Å²) in [6.45, 7) is 4.11. The van der Waals surface area contributed by atoms with E-state index in [9.17, 15) is 4.79 Å². The zero-order chi connectivity index (χ0) is 18.5. The molecule has 0 bridgehead atoms. The molecule has 0 unspecified atom stereocenters. The normalized spacial score (nSPS) is 10.9. The Balaban J connectivity index is 1.65. The zero-order valence-electron chi connectivity index (χ0n) is 15.1. The highest BCUT2D eigenvalue weighted by molar-refractivity contribution is 5.95. The number of nitrogens with zero attached hydrogens (tertiary/aromatic N) is 2. The average molecular weight is 347 g/mol. The average Bonchev–Trinajstić information content (AvgIpc) is 3.00. The second-order valence-electron chi connectivity index (χ2n) is 5.97. The van der Waals surface area contributed by atoms with E-state index in [2.05, 4.69) is 41.1 Å². The standard InChI is InChI=1S/C21H21N3O2/c1-15-4-5-16(2)24(15)19-10-8-18(9-11-19)21(25)23-22-14-17-6-12-20(26-3)13-7-17/h4-14H,1-3H3,(H,23,25)/b22-14+. The number of carbonyl (C=O) groups excluding carboxylic acids is 1. The molecule has 0 radical (unpaired) electrons. The summed E-state index contributed by atoms with van der Waals surface area (Å²) < 4.78 is 7.25. The van der Waals surface area contributed by atoms with Gasteiger partial charge in [-0.25, -0.2) is 5.43 Å². The Kier molecular flexibility index (Phi) is 5.17. The molecule has 26 heavy (non-hydrogen) atoms. The van der Waals surface area contributed by atoms with E-state index >= 15 is 0 Å². The highest BCUT2D eigenvalue weighted by Crippen LogP contribution is 2.17. The van der Waals surface area contributed by atoms with Crippen molar-refractivity contribution in [1.29, 1.82) is 0 Å². The first-order chi connectivity index (χ1) is 12.6. The molecule has 0 aliphatic heterocycles. The monoisotopic (exact) mass is 347 g/mol. The minimum atomic E-state index is -0.248. The van der Waals surface area contributed by atoms with Crippen LogP contribution in [0.3, 0.4) is 0 Å². The maximum atomic E-state index is 12.2. The molecule has 1 aromatic heterocycles. The van der Waals surface area contributed by atoms with Gasteiger partial charge in [0.25, 0.3) is 5.91 Å². The summed E-state index contributed by atoms with van der Waals surface area (Å²) in [5.41, 5.74) is 7.32. The molecule has 0 saturated carbocycles. The number of methoxy groups -OCH3 is 1. The summed E-state index contributed by atoms with van der Waals surface area (Å²) in [5.74, 6) is 0.529. The number of hydrogen-bond donors (Lipinski definition) is 1. The summed E-state index contributed by atoms with van der Waals surface area (Å²) in [6.07, 6.45) is 1.60. The molecule has 5 heteroatoms. The van der Waals surface area contributed by atoms with E-state index < -0.39 is 0 Å². The van der Waals surface area contributed by atoms with Gasteiger partial charge in [-0.2, -0.15) is 5.10 Å². The Labute approximate surface area is 152 Å². The van der Waals surface area contributed by atoms with Gasteiger partial charge in [-0.3, -0.25) is 4.79 Å². The summed E-state index contributed by atoms with van der Waals surface area (Å²) in [5, 5.41) is 4.00. The zero-order valence-corrected chi connectivity index (χ0v) is 15.1. The smallest absolute Gasteiger partial charge is 0.271 e. The predicted octanol–water partition coefficient (Wildman–Crippen LogP) is 3.87. The van der Waals surface area contributed by atoms with Gasteiger partial charge in [-0.15, -0.1) is 0 Å². The largest absolute Gasteiger partial charge is 0.497 e. The van der Waals surface area contributed by atoms with Crippen LogP contribution in [0.4, 0.5) is 0 Å². The van der Waals surface area contributed by atoms with Crippen molar-refractivity contribution in [3.8, 4) is 11.4 Å². The van der Waals surface area contributed by atoms with Crippen molar-refractivity contribution >= 4 is 12.1 Å². The van der Waals surface area contributed by atoms with Gasteiger partial charge in [-0.1, -0.05) is 0 Å². The second-order valence-corrected chi connectivity index (χ2v) is 5.97. The molecule has 1 N–H and O–H groups in total. The van der Waals surface area contributed by atoms with Crippen LogP contribution in [0.15, 0.2) is 65.8 Å². The summed E-state index contributed by atoms with van der Waals surface area (Å²) in [4.78, 5) is 12.2. The third-order valence-corrected chi connectivity index (χ3v) is 4.15. The van der Waals surface area contributed by atoms with E-state index in [4.69, 9.17) is 4.74 Å². The van der Waals surface area contributed by atoms with Crippen molar-refractivity contribution in [2.24, 2.45) is 5.10 Å². The molecule has 0 aliphatic rings. The first kappa shape index (κ1) is 17.5. The number of aryl methyl sites for hydroxylation is 2. The Bertz CT molecular complexity index is 903. The van der Waals surface area contributed by atoms with Crippen LogP contribution in [-0.2, 0) is 0 Å². The molecular weight excluding hydrogens is 326 g/mol. The number of carbonyl (C=O) groups is 1. The van der Waals surface area contributed by atoms with Crippen molar-refractivity contribution in [1.82, 2.24) is 9.99 Å². The van der Waals surface area contributed by atoms with Crippen LogP contribution in [-0.4, -0.2) is 23.8 Å². The minimum absolute atomic E-state index is 0.248. The lowest BCUT2D eigenvalue weighted by Gasteiger charge is -2.10. The van der Waals surface area contributed by atoms with Gasteiger partial charge >= 0.3 is 0 Å². The highest BCUT2D eigenvalue weighted by atomic mass is 16.5. The SMILES string of the molecule is COc1ccc(/C=N/NC(=O)c2ccc(-n3c(C)ccc3C)cc2)cc1. The maximum absolute atomic E-state index is 12.2. The van der Waals surface area contributed by atoms with Crippen LogP contribution in [0.25, 0.3) is 5.69 Å². The number of nitrogens with one attached hydrogen (secondary N) is 1. The van der Waals surface area contributed by atoms with Crippen LogP contribution in [0.1, 0.15) is 27.3 Å². The predicted molar refractivity (Wildman–Crippen MR) is 103 cm³/mol. The highest BCUT2D eigenvalue weighted by Gasteiger charge is 2.07. The molecule has 132 valence electrons. The second kappa shape index (κ2) is 7.70. The van der Waals surface area contributed by atoms with Gasteiger partial charge in [0.05, 0.1) is 13.3 Å². The summed E-state index contributed by atoms with van der Waals surface area (Å²) in [7, 11) is 1.62. The quantitative estimate of drug-likeness (QED) is 0.563. The van der Waals surface area contributed by atoms with Crippen LogP contribution in [0.2, 0.25) is 0 Å². The first-order valence-electron chi connectivity index (χ1n) is 8.31. The van der Waals surface area contributed by atoms with Gasteiger partial charge in [0.2, 0.25) is 0 Å². The van der Waals surface area contributed by atoms with Crippen molar-refractivity contribution < 1.29 is 9.53 Å². The summed E-state index contributed by atoms with van der Waals surface area (Å²) in [6, 6.07) is 19.0. The Morgan fingerprint density at radius 2 is 1.58 bits per heavy atom. The van der Waals surface area contributed by atoms with E-state index in [1.807, 2.05) is 36.4 Å². The fourth-order valence-corrected chi connectivity index (χ4v) is 2.76. The molecule has 5 nitrogen and oxygen atoms in total. The fraction of sp³-hybridized carbons (Fsp3) is 0.143. The lowest BCUT2D eigenvalue weighted by Crippen LogP contribution is -2.17. The molecule has 0 spiro atoms. The van der Waals surface area contributed by atoms with Gasteiger partial charge in [0, 0.05) is 22.6 Å². The van der Waals surface area contributed by atoms with E-state index in [0.29, 0.717) is 5.56 Å². The van der Waals surface area contributed by atoms with Crippen LogP contribution in [0.5, 0.6) is 5.75 Å². The Hall–Kier alpha value is -3.34. The van der Waals surface area contributed by atoms with Crippen LogP contribution in [0, 0.1) is 13.8 Å². The molecule has 3 rings (SSSR count). The molecule has 1 heterocycles. The number of ether oxygens (including phenoxy) is 1. The number of hydrazone groups is 1. The molecule has 2 aromatic carbocycles. The van der Waals surface area contributed by atoms with Gasteiger partial charge < -0.3 is 9.30 Å². The number of benzene rings is 2. The summed E-state index contributed by atoms with van der Waals surface area (Å²) >= 11 is 0.